The standard InChI is InChI=1S/C18H16FN3O3/c1-12(24-15-9-7-14(19)8-10-15)18(23)20-11-16-21-17(22-25-16)13-5-3-2-4-6-13/h2-10,12H,11H2,1H3,(H,20,23)/t12-/m1/s1. The van der Waals surface area contributed by atoms with E-state index < -0.39 is 6.10 Å². The van der Waals surface area contributed by atoms with E-state index in [9.17, 15) is 9.18 Å². The van der Waals surface area contributed by atoms with Gasteiger partial charge >= 0.3 is 0 Å². The zero-order valence-electron chi connectivity index (χ0n) is 13.5. The largest absolute Gasteiger partial charge is 0.481 e. The van der Waals surface area contributed by atoms with Gasteiger partial charge in [0.1, 0.15) is 11.6 Å². The molecule has 0 unspecified atom stereocenters. The third-order valence-electron chi connectivity index (χ3n) is 3.41. The number of ether oxygens (including phenoxy) is 1. The number of nitrogens with one attached hydrogen (secondary N) is 1. The van der Waals surface area contributed by atoms with E-state index >= 15 is 0 Å². The van der Waals surface area contributed by atoms with Crippen LogP contribution in [0.3, 0.4) is 0 Å². The Balaban J connectivity index is 1.53. The van der Waals surface area contributed by atoms with Crippen molar-refractivity contribution in [2.75, 3.05) is 0 Å². The molecule has 128 valence electrons. The molecule has 0 saturated carbocycles. The van der Waals surface area contributed by atoms with Crippen LogP contribution < -0.4 is 10.1 Å². The fourth-order valence-corrected chi connectivity index (χ4v) is 2.11. The van der Waals surface area contributed by atoms with Crippen LogP contribution in [-0.2, 0) is 11.3 Å². The summed E-state index contributed by atoms with van der Waals surface area (Å²) in [4.78, 5) is 16.3. The van der Waals surface area contributed by atoms with Crippen LogP contribution in [0.1, 0.15) is 12.8 Å². The number of benzene rings is 2. The Bertz CT molecular complexity index is 834. The van der Waals surface area contributed by atoms with Crippen molar-refractivity contribution in [3.63, 3.8) is 0 Å². The molecule has 0 aliphatic carbocycles. The van der Waals surface area contributed by atoms with Crippen molar-refractivity contribution in [1.29, 1.82) is 0 Å². The molecule has 0 fully saturated rings. The molecule has 0 bridgehead atoms. The first-order chi connectivity index (χ1) is 12.1. The number of carbonyl (C=O) groups excluding carboxylic acids is 1. The predicted octanol–water partition coefficient (Wildman–Crippen LogP) is 2.96. The Labute approximate surface area is 143 Å². The topological polar surface area (TPSA) is 77.2 Å². The predicted molar refractivity (Wildman–Crippen MR) is 88.1 cm³/mol. The molecule has 25 heavy (non-hydrogen) atoms. The molecule has 1 aromatic heterocycles. The van der Waals surface area contributed by atoms with E-state index in [2.05, 4.69) is 15.5 Å². The van der Waals surface area contributed by atoms with Gasteiger partial charge in [0.25, 0.3) is 5.91 Å². The van der Waals surface area contributed by atoms with Crippen molar-refractivity contribution < 1.29 is 18.4 Å². The lowest BCUT2D eigenvalue weighted by Crippen LogP contribution is -2.35. The van der Waals surface area contributed by atoms with E-state index in [0.29, 0.717) is 17.5 Å². The van der Waals surface area contributed by atoms with Crippen molar-refractivity contribution in [3.05, 3.63) is 66.3 Å². The Kier molecular flexibility index (Phi) is 5.03. The SMILES string of the molecule is C[C@@H](Oc1ccc(F)cc1)C(=O)NCc1nc(-c2ccccc2)no1. The zero-order chi connectivity index (χ0) is 17.6. The van der Waals surface area contributed by atoms with Gasteiger partial charge < -0.3 is 14.6 Å². The summed E-state index contributed by atoms with van der Waals surface area (Å²) in [6.07, 6.45) is -0.748. The van der Waals surface area contributed by atoms with Gasteiger partial charge in [-0.25, -0.2) is 4.39 Å². The summed E-state index contributed by atoms with van der Waals surface area (Å²) in [7, 11) is 0. The van der Waals surface area contributed by atoms with Gasteiger partial charge in [0.15, 0.2) is 6.10 Å². The van der Waals surface area contributed by atoms with Crippen LogP contribution in [0.5, 0.6) is 5.75 Å². The molecule has 1 atom stereocenters. The summed E-state index contributed by atoms with van der Waals surface area (Å²) < 4.78 is 23.4. The minimum Gasteiger partial charge on any atom is -0.481 e. The number of amides is 1. The van der Waals surface area contributed by atoms with Crippen molar-refractivity contribution in [2.24, 2.45) is 0 Å². The van der Waals surface area contributed by atoms with Gasteiger partial charge in [-0.1, -0.05) is 35.5 Å². The molecule has 0 spiro atoms. The summed E-state index contributed by atoms with van der Waals surface area (Å²) in [5.41, 5.74) is 0.830. The van der Waals surface area contributed by atoms with Crippen LogP contribution in [0.4, 0.5) is 4.39 Å². The van der Waals surface area contributed by atoms with Gasteiger partial charge in [0, 0.05) is 5.56 Å². The highest BCUT2D eigenvalue weighted by Gasteiger charge is 2.16. The molecule has 0 saturated heterocycles. The first-order valence-corrected chi connectivity index (χ1v) is 7.70. The van der Waals surface area contributed by atoms with E-state index in [1.165, 1.54) is 24.3 Å². The van der Waals surface area contributed by atoms with Crippen LogP contribution in [0.25, 0.3) is 11.4 Å². The highest BCUT2D eigenvalue weighted by molar-refractivity contribution is 5.80. The zero-order valence-corrected chi connectivity index (χ0v) is 13.5. The average Bonchev–Trinajstić information content (AvgIpc) is 3.11. The lowest BCUT2D eigenvalue weighted by atomic mass is 10.2. The van der Waals surface area contributed by atoms with E-state index in [0.717, 1.165) is 5.56 Å². The normalized spacial score (nSPS) is 11.8. The summed E-state index contributed by atoms with van der Waals surface area (Å²) in [6, 6.07) is 14.8. The molecule has 3 aromatic rings. The highest BCUT2D eigenvalue weighted by Crippen LogP contribution is 2.15. The summed E-state index contributed by atoms with van der Waals surface area (Å²) in [5, 5.41) is 6.54. The molecule has 7 heteroatoms. The molecule has 1 heterocycles. The maximum Gasteiger partial charge on any atom is 0.261 e. The van der Waals surface area contributed by atoms with Crippen LogP contribution in [-0.4, -0.2) is 22.2 Å². The first-order valence-electron chi connectivity index (χ1n) is 7.70. The van der Waals surface area contributed by atoms with Gasteiger partial charge in [-0.15, -0.1) is 0 Å². The third kappa shape index (κ3) is 4.41. The van der Waals surface area contributed by atoms with Crippen LogP contribution in [0.2, 0.25) is 0 Å². The molecular weight excluding hydrogens is 325 g/mol. The number of rotatable bonds is 6. The second-order valence-corrected chi connectivity index (χ2v) is 5.31. The van der Waals surface area contributed by atoms with Gasteiger partial charge in [-0.05, 0) is 31.2 Å². The van der Waals surface area contributed by atoms with Gasteiger partial charge in [0.05, 0.1) is 6.54 Å². The lowest BCUT2D eigenvalue weighted by molar-refractivity contribution is -0.127. The Morgan fingerprint density at radius 1 is 1.20 bits per heavy atom. The molecule has 0 radical (unpaired) electrons. The van der Waals surface area contributed by atoms with E-state index in [4.69, 9.17) is 9.26 Å². The number of aromatic nitrogens is 2. The van der Waals surface area contributed by atoms with Crippen molar-refractivity contribution in [2.45, 2.75) is 19.6 Å². The molecule has 2 aromatic carbocycles. The highest BCUT2D eigenvalue weighted by atomic mass is 19.1. The first kappa shape index (κ1) is 16.6. The molecule has 0 aliphatic heterocycles. The van der Waals surface area contributed by atoms with Crippen molar-refractivity contribution in [1.82, 2.24) is 15.5 Å². The van der Waals surface area contributed by atoms with Crippen molar-refractivity contribution in [3.8, 4) is 17.1 Å². The minimum atomic E-state index is -0.748. The monoisotopic (exact) mass is 341 g/mol. The average molecular weight is 341 g/mol. The molecule has 0 aliphatic rings. The summed E-state index contributed by atoms with van der Waals surface area (Å²) >= 11 is 0. The molecular formula is C18H16FN3O3. The van der Waals surface area contributed by atoms with Crippen LogP contribution >= 0.6 is 0 Å². The number of halogens is 1. The number of hydrogen-bond acceptors (Lipinski definition) is 5. The fourth-order valence-electron chi connectivity index (χ4n) is 2.11. The smallest absolute Gasteiger partial charge is 0.261 e. The fraction of sp³-hybridized carbons (Fsp3) is 0.167. The maximum absolute atomic E-state index is 12.9. The number of carbonyl (C=O) groups is 1. The molecule has 3 rings (SSSR count). The summed E-state index contributed by atoms with van der Waals surface area (Å²) in [6.45, 7) is 1.69. The Hall–Kier alpha value is -3.22. The minimum absolute atomic E-state index is 0.0930. The van der Waals surface area contributed by atoms with Gasteiger partial charge in [0.2, 0.25) is 11.7 Å². The maximum atomic E-state index is 12.9. The molecule has 6 nitrogen and oxygen atoms in total. The Morgan fingerprint density at radius 2 is 1.92 bits per heavy atom. The van der Waals surface area contributed by atoms with Gasteiger partial charge in [-0.2, -0.15) is 4.98 Å². The van der Waals surface area contributed by atoms with Crippen LogP contribution in [0, 0.1) is 5.82 Å². The van der Waals surface area contributed by atoms with Crippen LogP contribution in [0.15, 0.2) is 59.1 Å². The molecule has 1 N–H and O–H groups in total. The molecule has 1 amide bonds. The second kappa shape index (κ2) is 7.57. The summed E-state index contributed by atoms with van der Waals surface area (Å²) in [5.74, 6) is 0.453. The van der Waals surface area contributed by atoms with E-state index in [1.54, 1.807) is 6.92 Å². The second-order valence-electron chi connectivity index (χ2n) is 5.31. The Morgan fingerprint density at radius 3 is 2.64 bits per heavy atom. The number of hydrogen-bond donors (Lipinski definition) is 1. The van der Waals surface area contributed by atoms with Gasteiger partial charge in [-0.3, -0.25) is 4.79 Å². The van der Waals surface area contributed by atoms with E-state index in [1.807, 2.05) is 30.3 Å². The number of nitrogens with zero attached hydrogens (tertiary/aromatic N) is 2. The lowest BCUT2D eigenvalue weighted by Gasteiger charge is -2.13. The quantitative estimate of drug-likeness (QED) is 0.746. The third-order valence-corrected chi connectivity index (χ3v) is 3.41. The van der Waals surface area contributed by atoms with E-state index in [-0.39, 0.29) is 18.3 Å². The van der Waals surface area contributed by atoms with Crippen molar-refractivity contribution >= 4 is 5.91 Å².